The Labute approximate surface area is 119 Å². The predicted octanol–water partition coefficient (Wildman–Crippen LogP) is 2.51. The van der Waals surface area contributed by atoms with Crippen molar-refractivity contribution in [2.75, 3.05) is 31.1 Å². The van der Waals surface area contributed by atoms with Crippen LogP contribution in [0.15, 0.2) is 18.2 Å². The fourth-order valence-corrected chi connectivity index (χ4v) is 3.59. The highest BCUT2D eigenvalue weighted by Crippen LogP contribution is 2.31. The Hall–Kier alpha value is -0.770. The van der Waals surface area contributed by atoms with Crippen molar-refractivity contribution in [1.29, 1.82) is 0 Å². The number of halogens is 1. The SMILES string of the molecule is OCc1ccc(N2CCC(N3CCCC3)C2)c(Cl)c1. The van der Waals surface area contributed by atoms with Gasteiger partial charge in [0, 0.05) is 19.1 Å². The van der Waals surface area contributed by atoms with E-state index in [1.54, 1.807) is 0 Å². The molecule has 0 amide bonds. The highest BCUT2D eigenvalue weighted by atomic mass is 35.5. The molecule has 1 atom stereocenters. The van der Waals surface area contributed by atoms with Crippen LogP contribution in [0.4, 0.5) is 5.69 Å². The Bertz CT molecular complexity index is 446. The lowest BCUT2D eigenvalue weighted by atomic mass is 10.2. The first-order chi connectivity index (χ1) is 9.28. The molecular formula is C15H21ClN2O. The number of rotatable bonds is 3. The first-order valence-corrected chi connectivity index (χ1v) is 7.54. The molecule has 2 heterocycles. The molecule has 0 radical (unpaired) electrons. The van der Waals surface area contributed by atoms with E-state index in [1.165, 1.54) is 32.4 Å². The van der Waals surface area contributed by atoms with Crippen LogP contribution in [0.1, 0.15) is 24.8 Å². The first-order valence-electron chi connectivity index (χ1n) is 7.16. The van der Waals surface area contributed by atoms with Crippen LogP contribution in [-0.2, 0) is 6.61 Å². The third kappa shape index (κ3) is 2.73. The summed E-state index contributed by atoms with van der Waals surface area (Å²) in [6.07, 6.45) is 3.93. The number of anilines is 1. The van der Waals surface area contributed by atoms with E-state index in [4.69, 9.17) is 16.7 Å². The molecule has 19 heavy (non-hydrogen) atoms. The number of likely N-dealkylation sites (tertiary alicyclic amines) is 1. The largest absolute Gasteiger partial charge is 0.392 e. The smallest absolute Gasteiger partial charge is 0.0682 e. The molecule has 0 bridgehead atoms. The number of hydrogen-bond donors (Lipinski definition) is 1. The number of hydrogen-bond acceptors (Lipinski definition) is 3. The first kappa shape index (κ1) is 13.2. The molecule has 0 spiro atoms. The lowest BCUT2D eigenvalue weighted by Crippen LogP contribution is -2.35. The van der Waals surface area contributed by atoms with Crippen molar-refractivity contribution in [3.8, 4) is 0 Å². The maximum atomic E-state index is 9.12. The Balaban J connectivity index is 1.70. The summed E-state index contributed by atoms with van der Waals surface area (Å²) in [5, 5.41) is 9.88. The number of aliphatic hydroxyl groups is 1. The Morgan fingerprint density at radius 1 is 1.21 bits per heavy atom. The lowest BCUT2D eigenvalue weighted by Gasteiger charge is -2.25. The van der Waals surface area contributed by atoms with Gasteiger partial charge in [0.25, 0.3) is 0 Å². The van der Waals surface area contributed by atoms with Gasteiger partial charge in [-0.3, -0.25) is 4.90 Å². The van der Waals surface area contributed by atoms with Gasteiger partial charge in [0.2, 0.25) is 0 Å². The molecule has 2 fully saturated rings. The van der Waals surface area contributed by atoms with Crippen LogP contribution in [-0.4, -0.2) is 42.2 Å². The van der Waals surface area contributed by atoms with E-state index in [1.807, 2.05) is 18.2 Å². The van der Waals surface area contributed by atoms with E-state index in [0.717, 1.165) is 29.4 Å². The minimum atomic E-state index is 0.0520. The average molecular weight is 281 g/mol. The summed E-state index contributed by atoms with van der Waals surface area (Å²) in [5.41, 5.74) is 1.99. The summed E-state index contributed by atoms with van der Waals surface area (Å²) in [6.45, 7) is 4.74. The second-order valence-corrected chi connectivity index (χ2v) is 5.98. The summed E-state index contributed by atoms with van der Waals surface area (Å²) >= 11 is 6.33. The summed E-state index contributed by atoms with van der Waals surface area (Å²) in [4.78, 5) is 5.00. The van der Waals surface area contributed by atoms with Crippen LogP contribution in [0.25, 0.3) is 0 Å². The van der Waals surface area contributed by atoms with Gasteiger partial charge < -0.3 is 10.0 Å². The molecule has 0 aliphatic carbocycles. The zero-order valence-electron chi connectivity index (χ0n) is 11.2. The van der Waals surface area contributed by atoms with Crippen molar-refractivity contribution in [3.63, 3.8) is 0 Å². The van der Waals surface area contributed by atoms with Crippen LogP contribution >= 0.6 is 11.6 Å². The molecule has 3 nitrogen and oxygen atoms in total. The zero-order chi connectivity index (χ0) is 13.2. The predicted molar refractivity (Wildman–Crippen MR) is 78.8 cm³/mol. The third-order valence-electron chi connectivity index (χ3n) is 4.36. The minimum absolute atomic E-state index is 0.0520. The summed E-state index contributed by atoms with van der Waals surface area (Å²) in [5.74, 6) is 0. The van der Waals surface area contributed by atoms with Crippen LogP contribution in [0, 0.1) is 0 Å². The van der Waals surface area contributed by atoms with Gasteiger partial charge in [-0.05, 0) is 50.0 Å². The Morgan fingerprint density at radius 2 is 2.00 bits per heavy atom. The van der Waals surface area contributed by atoms with Crippen molar-refractivity contribution < 1.29 is 5.11 Å². The van der Waals surface area contributed by atoms with Crippen molar-refractivity contribution in [2.24, 2.45) is 0 Å². The molecule has 1 unspecified atom stereocenters. The summed E-state index contributed by atoms with van der Waals surface area (Å²) in [6, 6.07) is 6.57. The van der Waals surface area contributed by atoms with E-state index in [0.29, 0.717) is 6.04 Å². The van der Waals surface area contributed by atoms with Crippen LogP contribution in [0.3, 0.4) is 0 Å². The second-order valence-electron chi connectivity index (χ2n) is 5.58. The van der Waals surface area contributed by atoms with Crippen LogP contribution in [0.2, 0.25) is 5.02 Å². The van der Waals surface area contributed by atoms with Crippen molar-refractivity contribution >= 4 is 17.3 Å². The Kier molecular flexibility index (Phi) is 3.96. The number of aliphatic hydroxyl groups excluding tert-OH is 1. The molecule has 0 aromatic heterocycles. The maximum absolute atomic E-state index is 9.12. The molecule has 1 aromatic carbocycles. The molecule has 2 aliphatic rings. The standard InChI is InChI=1S/C15H21ClN2O/c16-14-9-12(11-19)3-4-15(14)18-8-5-13(10-18)17-6-1-2-7-17/h3-4,9,13,19H,1-2,5-8,10-11H2. The second kappa shape index (κ2) is 5.70. The van der Waals surface area contributed by atoms with E-state index in [9.17, 15) is 0 Å². The van der Waals surface area contributed by atoms with Gasteiger partial charge in [0.15, 0.2) is 0 Å². The normalized spacial score (nSPS) is 24.3. The van der Waals surface area contributed by atoms with Gasteiger partial charge >= 0.3 is 0 Å². The number of benzene rings is 1. The number of nitrogens with zero attached hydrogens (tertiary/aromatic N) is 2. The van der Waals surface area contributed by atoms with E-state index in [-0.39, 0.29) is 6.61 Å². The van der Waals surface area contributed by atoms with Crippen molar-refractivity contribution in [3.05, 3.63) is 28.8 Å². The quantitative estimate of drug-likeness (QED) is 0.922. The fourth-order valence-electron chi connectivity index (χ4n) is 3.27. The third-order valence-corrected chi connectivity index (χ3v) is 4.66. The molecule has 2 saturated heterocycles. The molecule has 2 aliphatic heterocycles. The molecule has 0 saturated carbocycles. The van der Waals surface area contributed by atoms with Crippen molar-refractivity contribution in [2.45, 2.75) is 31.9 Å². The van der Waals surface area contributed by atoms with Gasteiger partial charge in [-0.25, -0.2) is 0 Å². The highest BCUT2D eigenvalue weighted by molar-refractivity contribution is 6.33. The molecule has 1 aromatic rings. The highest BCUT2D eigenvalue weighted by Gasteiger charge is 2.29. The molecule has 3 rings (SSSR count). The van der Waals surface area contributed by atoms with E-state index < -0.39 is 0 Å². The maximum Gasteiger partial charge on any atom is 0.0682 e. The zero-order valence-corrected chi connectivity index (χ0v) is 11.9. The minimum Gasteiger partial charge on any atom is -0.392 e. The lowest BCUT2D eigenvalue weighted by molar-refractivity contribution is 0.260. The van der Waals surface area contributed by atoms with Gasteiger partial charge in [0.05, 0.1) is 17.3 Å². The Morgan fingerprint density at radius 3 is 2.68 bits per heavy atom. The summed E-state index contributed by atoms with van der Waals surface area (Å²) in [7, 11) is 0. The molecule has 1 N–H and O–H groups in total. The van der Waals surface area contributed by atoms with Crippen LogP contribution < -0.4 is 4.90 Å². The fraction of sp³-hybridized carbons (Fsp3) is 0.600. The van der Waals surface area contributed by atoms with Crippen molar-refractivity contribution in [1.82, 2.24) is 4.90 Å². The van der Waals surface area contributed by atoms with Gasteiger partial charge in [-0.15, -0.1) is 0 Å². The van der Waals surface area contributed by atoms with Gasteiger partial charge in [-0.2, -0.15) is 0 Å². The van der Waals surface area contributed by atoms with E-state index >= 15 is 0 Å². The van der Waals surface area contributed by atoms with Crippen LogP contribution in [0.5, 0.6) is 0 Å². The topological polar surface area (TPSA) is 26.7 Å². The van der Waals surface area contributed by atoms with Gasteiger partial charge in [0.1, 0.15) is 0 Å². The average Bonchev–Trinajstić information content (AvgIpc) is 3.09. The summed E-state index contributed by atoms with van der Waals surface area (Å²) < 4.78 is 0. The van der Waals surface area contributed by atoms with Gasteiger partial charge in [-0.1, -0.05) is 17.7 Å². The molecular weight excluding hydrogens is 260 g/mol. The monoisotopic (exact) mass is 280 g/mol. The van der Waals surface area contributed by atoms with E-state index in [2.05, 4.69) is 9.80 Å². The molecule has 4 heteroatoms. The molecule has 104 valence electrons.